The third kappa shape index (κ3) is 5.91. The molecule has 19 heavy (non-hydrogen) atoms. The smallest absolute Gasteiger partial charge is 0.306 e. The topological polar surface area (TPSA) is 72.5 Å². The van der Waals surface area contributed by atoms with Crippen LogP contribution in [0.2, 0.25) is 0 Å². The molecule has 1 fully saturated rings. The van der Waals surface area contributed by atoms with Gasteiger partial charge in [0, 0.05) is 6.04 Å². The Labute approximate surface area is 116 Å². The SMILES string of the molecule is CNC(CS(=O)(=O)CCC(=O)OC)C1CCCCC1. The number of hydrogen-bond donors (Lipinski definition) is 1. The van der Waals surface area contributed by atoms with Gasteiger partial charge < -0.3 is 10.1 Å². The number of hydrogen-bond acceptors (Lipinski definition) is 5. The number of rotatable bonds is 7. The highest BCUT2D eigenvalue weighted by atomic mass is 32.2. The summed E-state index contributed by atoms with van der Waals surface area (Å²) in [6.07, 6.45) is 5.76. The molecule has 1 rings (SSSR count). The first-order valence-corrected chi connectivity index (χ1v) is 8.75. The van der Waals surface area contributed by atoms with Crippen LogP contribution in [-0.2, 0) is 19.4 Å². The van der Waals surface area contributed by atoms with E-state index in [1.165, 1.54) is 26.4 Å². The molecular weight excluding hydrogens is 266 g/mol. The van der Waals surface area contributed by atoms with Gasteiger partial charge in [0.2, 0.25) is 0 Å². The van der Waals surface area contributed by atoms with E-state index in [1.807, 2.05) is 7.05 Å². The number of methoxy groups -OCH3 is 1. The van der Waals surface area contributed by atoms with Gasteiger partial charge in [-0.15, -0.1) is 0 Å². The van der Waals surface area contributed by atoms with E-state index in [0.717, 1.165) is 12.8 Å². The van der Waals surface area contributed by atoms with Crippen molar-refractivity contribution in [2.45, 2.75) is 44.6 Å². The van der Waals surface area contributed by atoms with Crippen molar-refractivity contribution < 1.29 is 17.9 Å². The van der Waals surface area contributed by atoms with E-state index >= 15 is 0 Å². The fourth-order valence-electron chi connectivity index (χ4n) is 2.69. The van der Waals surface area contributed by atoms with Crippen molar-refractivity contribution in [3.05, 3.63) is 0 Å². The Balaban J connectivity index is 2.50. The molecule has 0 bridgehead atoms. The molecule has 1 aliphatic carbocycles. The molecule has 1 unspecified atom stereocenters. The van der Waals surface area contributed by atoms with Gasteiger partial charge >= 0.3 is 5.97 Å². The van der Waals surface area contributed by atoms with Gasteiger partial charge in [0.25, 0.3) is 0 Å². The number of carbonyl (C=O) groups excluding carboxylic acids is 1. The van der Waals surface area contributed by atoms with Crippen LogP contribution in [0.25, 0.3) is 0 Å². The summed E-state index contributed by atoms with van der Waals surface area (Å²) >= 11 is 0. The average molecular weight is 291 g/mol. The van der Waals surface area contributed by atoms with Crippen molar-refractivity contribution in [3.63, 3.8) is 0 Å². The van der Waals surface area contributed by atoms with Crippen molar-refractivity contribution in [2.24, 2.45) is 5.92 Å². The second kappa shape index (κ2) is 7.85. The van der Waals surface area contributed by atoms with Crippen molar-refractivity contribution in [1.29, 1.82) is 0 Å². The molecule has 0 spiro atoms. The Morgan fingerprint density at radius 3 is 2.47 bits per heavy atom. The molecule has 1 atom stereocenters. The van der Waals surface area contributed by atoms with E-state index in [1.54, 1.807) is 0 Å². The first-order valence-electron chi connectivity index (χ1n) is 6.93. The van der Waals surface area contributed by atoms with Crippen LogP contribution in [-0.4, -0.2) is 46.1 Å². The lowest BCUT2D eigenvalue weighted by atomic mass is 9.84. The molecule has 1 aliphatic rings. The van der Waals surface area contributed by atoms with Crippen LogP contribution < -0.4 is 5.32 Å². The molecule has 1 N–H and O–H groups in total. The molecule has 112 valence electrons. The van der Waals surface area contributed by atoms with Crippen molar-refractivity contribution in [1.82, 2.24) is 5.32 Å². The number of esters is 1. The van der Waals surface area contributed by atoms with E-state index < -0.39 is 15.8 Å². The molecular formula is C13H25NO4S. The van der Waals surface area contributed by atoms with Crippen LogP contribution in [0.15, 0.2) is 0 Å². The summed E-state index contributed by atoms with van der Waals surface area (Å²) in [6.45, 7) is 0. The predicted molar refractivity (Wildman–Crippen MR) is 74.7 cm³/mol. The Bertz CT molecular complexity index is 374. The third-order valence-corrected chi connectivity index (χ3v) is 5.56. The number of sulfone groups is 1. The summed E-state index contributed by atoms with van der Waals surface area (Å²) in [5.41, 5.74) is 0. The standard InChI is InChI=1S/C13H25NO4S/c1-14-12(11-6-4-3-5-7-11)10-19(16,17)9-8-13(15)18-2/h11-12,14H,3-10H2,1-2H3. The monoisotopic (exact) mass is 291 g/mol. The minimum atomic E-state index is -3.21. The van der Waals surface area contributed by atoms with Crippen LogP contribution in [0.4, 0.5) is 0 Å². The highest BCUT2D eigenvalue weighted by molar-refractivity contribution is 7.91. The molecule has 0 aromatic carbocycles. The van der Waals surface area contributed by atoms with Crippen molar-refractivity contribution >= 4 is 15.8 Å². The molecule has 5 nitrogen and oxygen atoms in total. The van der Waals surface area contributed by atoms with Gasteiger partial charge in [-0.2, -0.15) is 0 Å². The van der Waals surface area contributed by atoms with Gasteiger partial charge in [0.05, 0.1) is 25.0 Å². The highest BCUT2D eigenvalue weighted by Gasteiger charge is 2.27. The quantitative estimate of drug-likeness (QED) is 0.712. The zero-order chi connectivity index (χ0) is 14.3. The van der Waals surface area contributed by atoms with Gasteiger partial charge in [-0.25, -0.2) is 8.42 Å². The predicted octanol–water partition coefficient (Wildman–Crippen LogP) is 1.13. The molecule has 0 amide bonds. The van der Waals surface area contributed by atoms with Crippen LogP contribution in [0, 0.1) is 5.92 Å². The maximum atomic E-state index is 12.0. The summed E-state index contributed by atoms with van der Waals surface area (Å²) in [4.78, 5) is 11.0. The maximum Gasteiger partial charge on any atom is 0.306 e. The van der Waals surface area contributed by atoms with Crippen LogP contribution in [0.3, 0.4) is 0 Å². The molecule has 0 aromatic rings. The van der Waals surface area contributed by atoms with Crippen LogP contribution >= 0.6 is 0 Å². The van der Waals surface area contributed by atoms with Gasteiger partial charge in [0.1, 0.15) is 0 Å². The highest BCUT2D eigenvalue weighted by Crippen LogP contribution is 2.27. The molecule has 0 aromatic heterocycles. The lowest BCUT2D eigenvalue weighted by Gasteiger charge is -2.29. The fourth-order valence-corrected chi connectivity index (χ4v) is 4.32. The van der Waals surface area contributed by atoms with Gasteiger partial charge in [-0.05, 0) is 25.8 Å². The van der Waals surface area contributed by atoms with E-state index in [4.69, 9.17) is 0 Å². The minimum absolute atomic E-state index is 0.00273. The lowest BCUT2D eigenvalue weighted by Crippen LogP contribution is -2.41. The van der Waals surface area contributed by atoms with E-state index in [2.05, 4.69) is 10.1 Å². The Morgan fingerprint density at radius 1 is 1.32 bits per heavy atom. The zero-order valence-corrected chi connectivity index (χ0v) is 12.7. The maximum absolute atomic E-state index is 12.0. The second-order valence-corrected chi connectivity index (χ2v) is 7.46. The Hall–Kier alpha value is -0.620. The van der Waals surface area contributed by atoms with Gasteiger partial charge in [-0.1, -0.05) is 19.3 Å². The number of carbonyl (C=O) groups is 1. The minimum Gasteiger partial charge on any atom is -0.469 e. The van der Waals surface area contributed by atoms with E-state index in [9.17, 15) is 13.2 Å². The van der Waals surface area contributed by atoms with Crippen molar-refractivity contribution in [3.8, 4) is 0 Å². The zero-order valence-electron chi connectivity index (χ0n) is 11.9. The van der Waals surface area contributed by atoms with Gasteiger partial charge in [-0.3, -0.25) is 4.79 Å². The summed E-state index contributed by atoms with van der Waals surface area (Å²) < 4.78 is 28.5. The normalized spacial score (nSPS) is 19.1. The first kappa shape index (κ1) is 16.4. The fraction of sp³-hybridized carbons (Fsp3) is 0.923. The Kier molecular flexibility index (Phi) is 6.79. The number of ether oxygens (including phenoxy) is 1. The molecule has 1 saturated carbocycles. The molecule has 0 radical (unpaired) electrons. The van der Waals surface area contributed by atoms with E-state index in [-0.39, 0.29) is 24.0 Å². The summed E-state index contributed by atoms with van der Waals surface area (Å²) in [7, 11) is -0.125. The molecule has 0 aliphatic heterocycles. The summed E-state index contributed by atoms with van der Waals surface area (Å²) in [5, 5.41) is 3.13. The summed E-state index contributed by atoms with van der Waals surface area (Å²) in [6, 6.07) is 0.00273. The molecule has 0 saturated heterocycles. The second-order valence-electron chi connectivity index (χ2n) is 5.23. The largest absolute Gasteiger partial charge is 0.469 e. The average Bonchev–Trinajstić information content (AvgIpc) is 2.43. The van der Waals surface area contributed by atoms with E-state index in [0.29, 0.717) is 5.92 Å². The molecule has 6 heteroatoms. The van der Waals surface area contributed by atoms with Crippen molar-refractivity contribution in [2.75, 3.05) is 25.7 Å². The van der Waals surface area contributed by atoms with Gasteiger partial charge in [0.15, 0.2) is 9.84 Å². The first-order chi connectivity index (χ1) is 8.98. The summed E-state index contributed by atoms with van der Waals surface area (Å²) in [5.74, 6) is -0.0377. The lowest BCUT2D eigenvalue weighted by molar-refractivity contribution is -0.140. The molecule has 0 heterocycles. The van der Waals surface area contributed by atoms with Crippen LogP contribution in [0.5, 0.6) is 0 Å². The van der Waals surface area contributed by atoms with Crippen LogP contribution in [0.1, 0.15) is 38.5 Å². The third-order valence-electron chi connectivity index (χ3n) is 3.87. The Morgan fingerprint density at radius 2 is 1.95 bits per heavy atom. The number of nitrogens with one attached hydrogen (secondary N) is 1.